The summed E-state index contributed by atoms with van der Waals surface area (Å²) in [4.78, 5) is 20.0. The Morgan fingerprint density at radius 2 is 2.07 bits per heavy atom. The van der Waals surface area contributed by atoms with Crippen molar-refractivity contribution in [3.05, 3.63) is 27.1 Å². The second-order valence-corrected chi connectivity index (χ2v) is 3.75. The molecule has 0 aliphatic rings. The van der Waals surface area contributed by atoms with E-state index in [2.05, 4.69) is 0 Å². The molecular weight excluding hydrogens is 226 g/mol. The lowest BCUT2D eigenvalue weighted by Gasteiger charge is -2.10. The Bertz CT molecular complexity index is 389. The Hall–Kier alpha value is -1.51. The number of nitrogens with zero attached hydrogens (tertiary/aromatic N) is 1. The van der Waals surface area contributed by atoms with E-state index in [1.807, 2.05) is 0 Å². The van der Waals surface area contributed by atoms with Gasteiger partial charge < -0.3 is 15.3 Å². The number of hydrogen-bond acceptors (Lipinski definition) is 6. The first-order valence-corrected chi connectivity index (χ1v) is 4.58. The third kappa shape index (κ3) is 2.49. The molecule has 2 unspecified atom stereocenters. The fourth-order valence-corrected chi connectivity index (χ4v) is 1.73. The van der Waals surface area contributed by atoms with E-state index >= 15 is 0 Å². The minimum atomic E-state index is -1.98. The van der Waals surface area contributed by atoms with Crippen LogP contribution < -0.4 is 0 Å². The van der Waals surface area contributed by atoms with E-state index in [0.29, 0.717) is 11.3 Å². The van der Waals surface area contributed by atoms with Crippen molar-refractivity contribution in [2.45, 2.75) is 12.2 Å². The van der Waals surface area contributed by atoms with Crippen molar-refractivity contribution in [3.8, 4) is 0 Å². The predicted molar refractivity (Wildman–Crippen MR) is 49.6 cm³/mol. The maximum Gasteiger partial charge on any atom is 0.335 e. The molecule has 0 amide bonds. The minimum Gasteiger partial charge on any atom is -0.479 e. The average molecular weight is 233 g/mol. The van der Waals surface area contributed by atoms with E-state index < -0.39 is 23.1 Å². The van der Waals surface area contributed by atoms with Crippen LogP contribution in [-0.2, 0) is 4.79 Å². The molecule has 1 heterocycles. The Labute approximate surface area is 87.4 Å². The van der Waals surface area contributed by atoms with Gasteiger partial charge in [-0.2, -0.15) is 0 Å². The van der Waals surface area contributed by atoms with Crippen LogP contribution in [0.2, 0.25) is 0 Å². The van der Waals surface area contributed by atoms with Crippen molar-refractivity contribution in [3.63, 3.8) is 0 Å². The van der Waals surface area contributed by atoms with E-state index in [9.17, 15) is 20.0 Å². The van der Waals surface area contributed by atoms with Crippen LogP contribution in [0.15, 0.2) is 12.1 Å². The van der Waals surface area contributed by atoms with E-state index in [1.54, 1.807) is 0 Å². The van der Waals surface area contributed by atoms with Crippen LogP contribution in [0.3, 0.4) is 0 Å². The number of carboxylic acid groups (broad SMARTS) is 1. The van der Waals surface area contributed by atoms with Gasteiger partial charge in [-0.05, 0) is 6.07 Å². The Morgan fingerprint density at radius 3 is 2.47 bits per heavy atom. The second-order valence-electron chi connectivity index (χ2n) is 2.66. The molecule has 7 nitrogen and oxygen atoms in total. The first kappa shape index (κ1) is 11.6. The van der Waals surface area contributed by atoms with Gasteiger partial charge in [-0.3, -0.25) is 10.1 Å². The van der Waals surface area contributed by atoms with Crippen LogP contribution in [0.4, 0.5) is 5.00 Å². The molecule has 0 saturated heterocycles. The van der Waals surface area contributed by atoms with Gasteiger partial charge in [0, 0.05) is 10.9 Å². The number of nitro groups is 1. The summed E-state index contributed by atoms with van der Waals surface area (Å²) in [6, 6.07) is 2.34. The molecular formula is C7H7NO6S. The molecule has 0 saturated carbocycles. The molecule has 0 aliphatic carbocycles. The molecule has 1 aromatic heterocycles. The molecule has 0 fully saturated rings. The zero-order chi connectivity index (χ0) is 11.6. The van der Waals surface area contributed by atoms with E-state index in [0.717, 1.165) is 6.07 Å². The maximum absolute atomic E-state index is 10.3. The van der Waals surface area contributed by atoms with Crippen molar-refractivity contribution in [1.82, 2.24) is 0 Å². The fraction of sp³-hybridized carbons (Fsp3) is 0.286. The molecule has 1 aromatic rings. The molecule has 1 rings (SSSR count). The summed E-state index contributed by atoms with van der Waals surface area (Å²) in [6.45, 7) is 0. The molecule has 15 heavy (non-hydrogen) atoms. The number of aliphatic hydroxyl groups is 2. The van der Waals surface area contributed by atoms with Gasteiger partial charge in [0.1, 0.15) is 6.10 Å². The van der Waals surface area contributed by atoms with E-state index in [1.165, 1.54) is 6.07 Å². The van der Waals surface area contributed by atoms with Gasteiger partial charge in [0.15, 0.2) is 6.10 Å². The largest absolute Gasteiger partial charge is 0.479 e. The SMILES string of the molecule is O=C(O)C(O)C(O)c1ccc([N+](=O)[O-])s1. The highest BCUT2D eigenvalue weighted by Gasteiger charge is 2.27. The topological polar surface area (TPSA) is 121 Å². The lowest BCUT2D eigenvalue weighted by molar-refractivity contribution is -0.380. The Kier molecular flexibility index (Phi) is 3.35. The van der Waals surface area contributed by atoms with Crippen molar-refractivity contribution in [1.29, 1.82) is 0 Å². The Balaban J connectivity index is 2.87. The van der Waals surface area contributed by atoms with Crippen molar-refractivity contribution < 1.29 is 25.0 Å². The summed E-state index contributed by atoms with van der Waals surface area (Å²) < 4.78 is 0. The number of carbonyl (C=O) groups is 1. The Morgan fingerprint density at radius 1 is 1.47 bits per heavy atom. The van der Waals surface area contributed by atoms with Gasteiger partial charge in [0.05, 0.1) is 4.92 Å². The first-order valence-electron chi connectivity index (χ1n) is 3.76. The highest BCUT2D eigenvalue weighted by atomic mass is 32.1. The number of rotatable bonds is 4. The highest BCUT2D eigenvalue weighted by Crippen LogP contribution is 2.30. The molecule has 0 radical (unpaired) electrons. The maximum atomic E-state index is 10.3. The quantitative estimate of drug-likeness (QED) is 0.502. The van der Waals surface area contributed by atoms with Crippen LogP contribution in [-0.4, -0.2) is 32.3 Å². The van der Waals surface area contributed by atoms with E-state index in [4.69, 9.17) is 10.2 Å². The number of carboxylic acids is 1. The third-order valence-corrected chi connectivity index (χ3v) is 2.74. The highest BCUT2D eigenvalue weighted by molar-refractivity contribution is 7.15. The predicted octanol–water partition coefficient (Wildman–Crippen LogP) is 0.135. The van der Waals surface area contributed by atoms with Crippen LogP contribution in [0, 0.1) is 10.1 Å². The minimum absolute atomic E-state index is 0.0385. The molecule has 82 valence electrons. The molecule has 0 spiro atoms. The molecule has 0 aromatic carbocycles. The van der Waals surface area contributed by atoms with Crippen LogP contribution in [0.25, 0.3) is 0 Å². The molecule has 0 aliphatic heterocycles. The lowest BCUT2D eigenvalue weighted by atomic mass is 10.2. The zero-order valence-corrected chi connectivity index (χ0v) is 8.05. The van der Waals surface area contributed by atoms with Gasteiger partial charge in [0.2, 0.25) is 0 Å². The first-order chi connectivity index (χ1) is 6.93. The van der Waals surface area contributed by atoms with Gasteiger partial charge in [-0.25, -0.2) is 4.79 Å². The van der Waals surface area contributed by atoms with Gasteiger partial charge in [-0.15, -0.1) is 0 Å². The van der Waals surface area contributed by atoms with Crippen molar-refractivity contribution >= 4 is 22.3 Å². The summed E-state index contributed by atoms with van der Waals surface area (Å²) in [5.41, 5.74) is 0. The molecule has 2 atom stereocenters. The summed E-state index contributed by atoms with van der Waals surface area (Å²) >= 11 is 0.622. The zero-order valence-electron chi connectivity index (χ0n) is 7.23. The van der Waals surface area contributed by atoms with Crippen LogP contribution in [0.5, 0.6) is 0 Å². The molecule has 3 N–H and O–H groups in total. The normalized spacial score (nSPS) is 14.5. The number of aliphatic carboxylic acids is 1. The number of thiophene rings is 1. The second kappa shape index (κ2) is 4.34. The summed E-state index contributed by atoms with van der Waals surface area (Å²) in [5, 5.41) is 36.8. The third-order valence-electron chi connectivity index (χ3n) is 1.64. The molecule has 0 bridgehead atoms. The van der Waals surface area contributed by atoms with E-state index in [-0.39, 0.29) is 9.88 Å². The van der Waals surface area contributed by atoms with Crippen LogP contribution >= 0.6 is 11.3 Å². The summed E-state index contributed by atoms with van der Waals surface area (Å²) in [5.74, 6) is -1.58. The van der Waals surface area contributed by atoms with Crippen molar-refractivity contribution in [2.75, 3.05) is 0 Å². The number of hydrogen-bond donors (Lipinski definition) is 3. The summed E-state index contributed by atoms with van der Waals surface area (Å²) in [7, 11) is 0. The molecule has 8 heteroatoms. The van der Waals surface area contributed by atoms with Crippen molar-refractivity contribution in [2.24, 2.45) is 0 Å². The van der Waals surface area contributed by atoms with Gasteiger partial charge in [0.25, 0.3) is 0 Å². The van der Waals surface area contributed by atoms with Gasteiger partial charge >= 0.3 is 11.0 Å². The summed E-state index contributed by atoms with van der Waals surface area (Å²) in [6.07, 6.45) is -3.63. The fourth-order valence-electron chi connectivity index (χ4n) is 0.890. The number of aliphatic hydroxyl groups excluding tert-OH is 2. The van der Waals surface area contributed by atoms with Crippen LogP contribution in [0.1, 0.15) is 11.0 Å². The van der Waals surface area contributed by atoms with Gasteiger partial charge in [-0.1, -0.05) is 11.3 Å². The standard InChI is InChI=1S/C7H7NO6S/c9-5(6(10)7(11)12)3-1-2-4(15-3)8(13)14/h1-2,5-6,9-10H,(H,11,12). The lowest BCUT2D eigenvalue weighted by Crippen LogP contribution is -2.26. The smallest absolute Gasteiger partial charge is 0.335 e. The average Bonchev–Trinajstić information content (AvgIpc) is 2.64. The monoisotopic (exact) mass is 233 g/mol.